The number of ether oxygens (including phenoxy) is 1. The van der Waals surface area contributed by atoms with Gasteiger partial charge < -0.3 is 9.84 Å². The van der Waals surface area contributed by atoms with Gasteiger partial charge in [-0.15, -0.1) is 0 Å². The molecule has 0 bridgehead atoms. The summed E-state index contributed by atoms with van der Waals surface area (Å²) in [5, 5.41) is 8.91. The van der Waals surface area contributed by atoms with Gasteiger partial charge in [0, 0.05) is 0 Å². The number of carbonyl (C=O) groups is 1. The van der Waals surface area contributed by atoms with Crippen molar-refractivity contribution in [2.75, 3.05) is 7.11 Å². The molecule has 15 heavy (non-hydrogen) atoms. The first-order valence-electron chi connectivity index (χ1n) is 5.03. The molecule has 0 radical (unpaired) electrons. The Morgan fingerprint density at radius 2 is 2.00 bits per heavy atom. The van der Waals surface area contributed by atoms with Gasteiger partial charge in [-0.1, -0.05) is 19.1 Å². The molecule has 0 aliphatic carbocycles. The molecule has 1 unspecified atom stereocenters. The minimum absolute atomic E-state index is 0.293. The first-order valence-corrected chi connectivity index (χ1v) is 5.03. The van der Waals surface area contributed by atoms with E-state index in [0.717, 1.165) is 11.3 Å². The Balaban J connectivity index is 2.67. The molecule has 1 rings (SSSR count). The molecule has 0 aromatic heterocycles. The van der Waals surface area contributed by atoms with Crippen molar-refractivity contribution in [2.24, 2.45) is 5.92 Å². The third kappa shape index (κ3) is 3.27. The summed E-state index contributed by atoms with van der Waals surface area (Å²) in [4.78, 5) is 10.8. The van der Waals surface area contributed by atoms with Crippen LogP contribution in [0, 0.1) is 5.92 Å². The second-order valence-corrected chi connectivity index (χ2v) is 3.50. The summed E-state index contributed by atoms with van der Waals surface area (Å²) < 4.78 is 5.03. The largest absolute Gasteiger partial charge is 0.497 e. The average Bonchev–Trinajstić information content (AvgIpc) is 2.26. The second kappa shape index (κ2) is 5.39. The maximum absolute atomic E-state index is 10.8. The Kier molecular flexibility index (Phi) is 4.16. The van der Waals surface area contributed by atoms with E-state index in [1.165, 1.54) is 0 Å². The van der Waals surface area contributed by atoms with Gasteiger partial charge in [-0.3, -0.25) is 4.79 Å². The van der Waals surface area contributed by atoms with Crippen molar-refractivity contribution >= 4 is 5.97 Å². The number of hydrogen-bond acceptors (Lipinski definition) is 2. The number of aliphatic carboxylic acids is 1. The monoisotopic (exact) mass is 208 g/mol. The van der Waals surface area contributed by atoms with Gasteiger partial charge in [-0.05, 0) is 30.5 Å². The summed E-state index contributed by atoms with van der Waals surface area (Å²) in [5.41, 5.74) is 1.03. The predicted molar refractivity (Wildman–Crippen MR) is 58.1 cm³/mol. The molecule has 1 aromatic rings. The van der Waals surface area contributed by atoms with Gasteiger partial charge in [-0.25, -0.2) is 0 Å². The molecule has 0 saturated heterocycles. The highest BCUT2D eigenvalue weighted by molar-refractivity contribution is 5.70. The van der Waals surface area contributed by atoms with Crippen molar-refractivity contribution in [3.8, 4) is 5.75 Å². The maximum Gasteiger partial charge on any atom is 0.306 e. The third-order valence-corrected chi connectivity index (χ3v) is 2.48. The normalized spacial score (nSPS) is 12.1. The smallest absolute Gasteiger partial charge is 0.306 e. The molecular weight excluding hydrogens is 192 g/mol. The van der Waals surface area contributed by atoms with Crippen molar-refractivity contribution in [1.29, 1.82) is 0 Å². The molecule has 0 saturated carbocycles. The van der Waals surface area contributed by atoms with E-state index in [1.807, 2.05) is 31.2 Å². The minimum atomic E-state index is -0.728. The molecule has 1 N–H and O–H groups in total. The molecule has 0 amide bonds. The van der Waals surface area contributed by atoms with E-state index < -0.39 is 5.97 Å². The van der Waals surface area contributed by atoms with Crippen LogP contribution < -0.4 is 4.74 Å². The fraction of sp³-hybridized carbons (Fsp3) is 0.417. The third-order valence-electron chi connectivity index (χ3n) is 2.48. The lowest BCUT2D eigenvalue weighted by Gasteiger charge is -2.09. The van der Waals surface area contributed by atoms with Gasteiger partial charge in [0.15, 0.2) is 0 Å². The Morgan fingerprint density at radius 1 is 1.40 bits per heavy atom. The van der Waals surface area contributed by atoms with Crippen LogP contribution in [0.15, 0.2) is 24.3 Å². The lowest BCUT2D eigenvalue weighted by molar-refractivity contribution is -0.141. The van der Waals surface area contributed by atoms with Gasteiger partial charge in [0.25, 0.3) is 0 Å². The topological polar surface area (TPSA) is 46.5 Å². The summed E-state index contributed by atoms with van der Waals surface area (Å²) in [5.74, 6) is -0.228. The van der Waals surface area contributed by atoms with Crippen LogP contribution in [0.2, 0.25) is 0 Å². The fourth-order valence-corrected chi connectivity index (χ4v) is 1.45. The molecule has 1 atom stereocenters. The van der Waals surface area contributed by atoms with Crippen molar-refractivity contribution in [3.05, 3.63) is 29.8 Å². The molecule has 0 fully saturated rings. The highest BCUT2D eigenvalue weighted by atomic mass is 16.5. The van der Waals surface area contributed by atoms with Crippen molar-refractivity contribution in [2.45, 2.75) is 19.8 Å². The number of hydrogen-bond donors (Lipinski definition) is 1. The molecular formula is C12H16O3. The zero-order valence-corrected chi connectivity index (χ0v) is 9.06. The SMILES string of the molecule is CCC(Cc1ccc(OC)cc1)C(=O)O. The molecule has 0 aliphatic heterocycles. The Morgan fingerprint density at radius 3 is 2.40 bits per heavy atom. The highest BCUT2D eigenvalue weighted by Gasteiger charge is 2.15. The van der Waals surface area contributed by atoms with Gasteiger partial charge in [0.1, 0.15) is 5.75 Å². The average molecular weight is 208 g/mol. The molecule has 0 spiro atoms. The van der Waals surface area contributed by atoms with Crippen LogP contribution in [0.3, 0.4) is 0 Å². The maximum atomic E-state index is 10.8. The quantitative estimate of drug-likeness (QED) is 0.807. The van der Waals surface area contributed by atoms with E-state index >= 15 is 0 Å². The van der Waals surface area contributed by atoms with Gasteiger partial charge in [-0.2, -0.15) is 0 Å². The summed E-state index contributed by atoms with van der Waals surface area (Å²) >= 11 is 0. The number of carboxylic acids is 1. The van der Waals surface area contributed by atoms with Gasteiger partial charge >= 0.3 is 5.97 Å². The van der Waals surface area contributed by atoms with E-state index in [9.17, 15) is 4.79 Å². The van der Waals surface area contributed by atoms with E-state index in [4.69, 9.17) is 9.84 Å². The number of methoxy groups -OCH3 is 1. The van der Waals surface area contributed by atoms with Crippen LogP contribution in [0.4, 0.5) is 0 Å². The van der Waals surface area contributed by atoms with E-state index in [1.54, 1.807) is 7.11 Å². The predicted octanol–water partition coefficient (Wildman–Crippen LogP) is 2.35. The van der Waals surface area contributed by atoms with Crippen LogP contribution in [0.1, 0.15) is 18.9 Å². The number of carboxylic acid groups (broad SMARTS) is 1. The van der Waals surface area contributed by atoms with Crippen LogP contribution in [-0.4, -0.2) is 18.2 Å². The van der Waals surface area contributed by atoms with E-state index in [-0.39, 0.29) is 5.92 Å². The molecule has 3 nitrogen and oxygen atoms in total. The number of benzene rings is 1. The first-order chi connectivity index (χ1) is 7.17. The summed E-state index contributed by atoms with van der Waals surface area (Å²) in [6.07, 6.45) is 1.23. The van der Waals surface area contributed by atoms with Crippen molar-refractivity contribution < 1.29 is 14.6 Å². The second-order valence-electron chi connectivity index (χ2n) is 3.50. The standard InChI is InChI=1S/C12H16O3/c1-3-10(12(13)14)8-9-4-6-11(15-2)7-5-9/h4-7,10H,3,8H2,1-2H3,(H,13,14). The first kappa shape index (κ1) is 11.6. The molecule has 82 valence electrons. The van der Waals surface area contributed by atoms with Crippen molar-refractivity contribution in [1.82, 2.24) is 0 Å². The molecule has 0 heterocycles. The fourth-order valence-electron chi connectivity index (χ4n) is 1.45. The van der Waals surface area contributed by atoms with Crippen LogP contribution >= 0.6 is 0 Å². The van der Waals surface area contributed by atoms with Gasteiger partial charge in [0.05, 0.1) is 13.0 Å². The molecule has 3 heteroatoms. The zero-order valence-electron chi connectivity index (χ0n) is 9.06. The highest BCUT2D eigenvalue weighted by Crippen LogP contribution is 2.16. The lowest BCUT2D eigenvalue weighted by atomic mass is 9.97. The summed E-state index contributed by atoms with van der Waals surface area (Å²) in [6.45, 7) is 1.89. The zero-order chi connectivity index (χ0) is 11.3. The van der Waals surface area contributed by atoms with Crippen LogP contribution in [0.5, 0.6) is 5.75 Å². The summed E-state index contributed by atoms with van der Waals surface area (Å²) in [6, 6.07) is 7.52. The lowest BCUT2D eigenvalue weighted by Crippen LogP contribution is -2.15. The van der Waals surface area contributed by atoms with E-state index in [0.29, 0.717) is 12.8 Å². The Bertz CT molecular complexity index is 316. The number of rotatable bonds is 5. The Labute approximate surface area is 89.7 Å². The van der Waals surface area contributed by atoms with Crippen LogP contribution in [-0.2, 0) is 11.2 Å². The minimum Gasteiger partial charge on any atom is -0.497 e. The van der Waals surface area contributed by atoms with E-state index in [2.05, 4.69) is 0 Å². The van der Waals surface area contributed by atoms with Gasteiger partial charge in [0.2, 0.25) is 0 Å². The van der Waals surface area contributed by atoms with Crippen LogP contribution in [0.25, 0.3) is 0 Å². The molecule has 1 aromatic carbocycles. The summed E-state index contributed by atoms with van der Waals surface area (Å²) in [7, 11) is 1.61. The Hall–Kier alpha value is -1.51. The van der Waals surface area contributed by atoms with Crippen molar-refractivity contribution in [3.63, 3.8) is 0 Å². The molecule has 0 aliphatic rings.